The average Bonchev–Trinajstić information content (AvgIpc) is 3.42. The smallest absolute Gasteiger partial charge is 0.278 e. The normalized spacial score (nSPS) is 10.5. The van der Waals surface area contributed by atoms with Gasteiger partial charge in [-0.25, -0.2) is 4.98 Å². The first-order valence-corrected chi connectivity index (χ1v) is 10.1. The molecule has 27 heavy (non-hydrogen) atoms. The third kappa shape index (κ3) is 4.42. The fourth-order valence-electron chi connectivity index (χ4n) is 2.55. The summed E-state index contributed by atoms with van der Waals surface area (Å²) in [6.45, 7) is 0.461. The van der Waals surface area contributed by atoms with E-state index in [0.29, 0.717) is 17.3 Å². The van der Waals surface area contributed by atoms with E-state index >= 15 is 0 Å². The van der Waals surface area contributed by atoms with Gasteiger partial charge >= 0.3 is 0 Å². The maximum absolute atomic E-state index is 12.4. The average molecular weight is 393 g/mol. The molecule has 0 aliphatic heterocycles. The number of carbonyl (C=O) groups is 1. The molecule has 2 aromatic heterocycles. The number of hydrogen-bond acceptors (Lipinski definition) is 5. The zero-order chi connectivity index (χ0) is 18.5. The lowest BCUT2D eigenvalue weighted by Crippen LogP contribution is -2.22. The van der Waals surface area contributed by atoms with Crippen molar-refractivity contribution in [2.75, 3.05) is 0 Å². The van der Waals surface area contributed by atoms with Gasteiger partial charge in [0.15, 0.2) is 0 Å². The van der Waals surface area contributed by atoms with Crippen LogP contribution in [0.25, 0.3) is 10.4 Å². The molecule has 0 fully saturated rings. The highest BCUT2D eigenvalue weighted by Gasteiger charge is 2.07. The Hall–Kier alpha value is -2.96. The largest absolute Gasteiger partial charge is 0.431 e. The SMILES string of the molecule is O=C(NCc1ccc(Oc2nccs2)cc1)c1ccc(-c2cccs2)cc1. The Morgan fingerprint density at radius 1 is 0.963 bits per heavy atom. The van der Waals surface area contributed by atoms with Crippen molar-refractivity contribution < 1.29 is 9.53 Å². The third-order valence-corrected chi connectivity index (χ3v) is 5.51. The molecule has 134 valence electrons. The summed E-state index contributed by atoms with van der Waals surface area (Å²) in [6, 6.07) is 19.4. The van der Waals surface area contributed by atoms with E-state index in [2.05, 4.69) is 16.4 Å². The zero-order valence-electron chi connectivity index (χ0n) is 14.3. The van der Waals surface area contributed by atoms with E-state index in [1.165, 1.54) is 16.2 Å². The number of nitrogens with zero attached hydrogens (tertiary/aromatic N) is 1. The molecule has 1 N–H and O–H groups in total. The van der Waals surface area contributed by atoms with Gasteiger partial charge in [-0.05, 0) is 46.8 Å². The van der Waals surface area contributed by atoms with Crippen molar-refractivity contribution in [1.82, 2.24) is 10.3 Å². The molecule has 0 aliphatic rings. The first-order chi connectivity index (χ1) is 13.3. The number of amides is 1. The van der Waals surface area contributed by atoms with Crippen LogP contribution < -0.4 is 10.1 Å². The summed E-state index contributed by atoms with van der Waals surface area (Å²) < 4.78 is 5.63. The Labute approximate surface area is 165 Å². The Bertz CT molecular complexity index is 994. The minimum absolute atomic E-state index is 0.0872. The van der Waals surface area contributed by atoms with Crippen molar-refractivity contribution in [1.29, 1.82) is 0 Å². The number of thiazole rings is 1. The fourth-order valence-corrected chi connectivity index (χ4v) is 3.79. The summed E-state index contributed by atoms with van der Waals surface area (Å²) in [4.78, 5) is 17.6. The lowest BCUT2D eigenvalue weighted by atomic mass is 10.1. The molecule has 0 radical (unpaired) electrons. The van der Waals surface area contributed by atoms with E-state index in [4.69, 9.17) is 4.74 Å². The Balaban J connectivity index is 1.33. The van der Waals surface area contributed by atoms with Gasteiger partial charge in [0.05, 0.1) is 0 Å². The topological polar surface area (TPSA) is 51.2 Å². The molecule has 0 saturated carbocycles. The lowest BCUT2D eigenvalue weighted by molar-refractivity contribution is 0.0951. The summed E-state index contributed by atoms with van der Waals surface area (Å²) in [5.41, 5.74) is 2.78. The van der Waals surface area contributed by atoms with Crippen LogP contribution in [0.4, 0.5) is 0 Å². The Morgan fingerprint density at radius 3 is 2.44 bits per heavy atom. The molecule has 1 amide bonds. The maximum Gasteiger partial charge on any atom is 0.278 e. The number of ether oxygens (including phenoxy) is 1. The highest BCUT2D eigenvalue weighted by Crippen LogP contribution is 2.25. The summed E-state index contributed by atoms with van der Waals surface area (Å²) >= 11 is 3.13. The molecular weight excluding hydrogens is 376 g/mol. The number of benzene rings is 2. The molecule has 0 saturated heterocycles. The van der Waals surface area contributed by atoms with E-state index in [1.807, 2.05) is 65.4 Å². The van der Waals surface area contributed by atoms with Gasteiger partial charge in [-0.15, -0.1) is 11.3 Å². The fraction of sp³-hybridized carbons (Fsp3) is 0.0476. The van der Waals surface area contributed by atoms with Crippen molar-refractivity contribution in [3.63, 3.8) is 0 Å². The second-order valence-corrected chi connectivity index (χ2v) is 7.59. The van der Waals surface area contributed by atoms with Crippen LogP contribution in [0.2, 0.25) is 0 Å². The Morgan fingerprint density at radius 2 is 1.78 bits per heavy atom. The summed E-state index contributed by atoms with van der Waals surface area (Å²) in [6.07, 6.45) is 1.71. The molecule has 2 aromatic carbocycles. The second kappa shape index (κ2) is 8.16. The van der Waals surface area contributed by atoms with Crippen molar-refractivity contribution in [2.45, 2.75) is 6.54 Å². The van der Waals surface area contributed by atoms with Gasteiger partial charge in [0.2, 0.25) is 0 Å². The van der Waals surface area contributed by atoms with E-state index < -0.39 is 0 Å². The van der Waals surface area contributed by atoms with E-state index in [-0.39, 0.29) is 5.91 Å². The minimum Gasteiger partial charge on any atom is -0.431 e. The molecule has 6 heteroatoms. The minimum atomic E-state index is -0.0872. The van der Waals surface area contributed by atoms with Gasteiger partial charge in [-0.1, -0.05) is 41.7 Å². The molecular formula is C21H16N2O2S2. The molecule has 0 atom stereocenters. The van der Waals surface area contributed by atoms with Gasteiger partial charge in [-0.2, -0.15) is 0 Å². The monoisotopic (exact) mass is 392 g/mol. The highest BCUT2D eigenvalue weighted by molar-refractivity contribution is 7.13. The van der Waals surface area contributed by atoms with Crippen LogP contribution >= 0.6 is 22.7 Å². The van der Waals surface area contributed by atoms with Crippen LogP contribution in [-0.4, -0.2) is 10.9 Å². The molecule has 0 bridgehead atoms. The van der Waals surface area contributed by atoms with Crippen LogP contribution in [0.3, 0.4) is 0 Å². The second-order valence-electron chi connectivity index (χ2n) is 5.78. The number of hydrogen-bond donors (Lipinski definition) is 1. The van der Waals surface area contributed by atoms with Gasteiger partial charge in [0, 0.05) is 28.6 Å². The van der Waals surface area contributed by atoms with Gasteiger partial charge < -0.3 is 10.1 Å². The summed E-state index contributed by atoms with van der Waals surface area (Å²) in [7, 11) is 0. The number of carbonyl (C=O) groups excluding carboxylic acids is 1. The van der Waals surface area contributed by atoms with Crippen molar-refractivity contribution >= 4 is 28.6 Å². The predicted octanol–water partition coefficient (Wildman–Crippen LogP) is 5.59. The van der Waals surface area contributed by atoms with Crippen molar-refractivity contribution in [3.8, 4) is 21.4 Å². The molecule has 0 aliphatic carbocycles. The first-order valence-electron chi connectivity index (χ1n) is 8.36. The van der Waals surface area contributed by atoms with E-state index in [9.17, 15) is 4.79 Å². The zero-order valence-corrected chi connectivity index (χ0v) is 15.9. The molecule has 0 spiro atoms. The van der Waals surface area contributed by atoms with Gasteiger partial charge in [0.25, 0.3) is 11.1 Å². The molecule has 0 unspecified atom stereocenters. The molecule has 2 heterocycles. The molecule has 4 nitrogen and oxygen atoms in total. The quantitative estimate of drug-likeness (QED) is 0.465. The van der Waals surface area contributed by atoms with E-state index in [1.54, 1.807) is 17.5 Å². The summed E-state index contributed by atoms with van der Waals surface area (Å²) in [5.74, 6) is 0.639. The van der Waals surface area contributed by atoms with Crippen LogP contribution in [-0.2, 0) is 6.54 Å². The van der Waals surface area contributed by atoms with Crippen LogP contribution in [0.5, 0.6) is 10.9 Å². The molecule has 4 rings (SSSR count). The number of thiophene rings is 1. The number of nitrogens with one attached hydrogen (secondary N) is 1. The van der Waals surface area contributed by atoms with E-state index in [0.717, 1.165) is 16.9 Å². The van der Waals surface area contributed by atoms with Crippen molar-refractivity contribution in [2.24, 2.45) is 0 Å². The number of aromatic nitrogens is 1. The molecule has 4 aromatic rings. The predicted molar refractivity (Wildman–Crippen MR) is 110 cm³/mol. The lowest BCUT2D eigenvalue weighted by Gasteiger charge is -2.07. The van der Waals surface area contributed by atoms with Crippen molar-refractivity contribution in [3.05, 3.63) is 88.7 Å². The standard InChI is InChI=1S/C21H16N2O2S2/c24-20(17-7-5-16(6-8-17)19-2-1-12-26-19)23-14-15-3-9-18(10-4-15)25-21-22-11-13-27-21/h1-13H,14H2,(H,23,24). The Kier molecular flexibility index (Phi) is 5.27. The first kappa shape index (κ1) is 17.5. The van der Waals surface area contributed by atoms with Crippen LogP contribution in [0, 0.1) is 0 Å². The highest BCUT2D eigenvalue weighted by atomic mass is 32.1. The van der Waals surface area contributed by atoms with Crippen LogP contribution in [0.1, 0.15) is 15.9 Å². The van der Waals surface area contributed by atoms with Gasteiger partial charge in [0.1, 0.15) is 5.75 Å². The summed E-state index contributed by atoms with van der Waals surface area (Å²) in [5, 5.41) is 7.47. The third-order valence-electron chi connectivity index (χ3n) is 3.94. The number of rotatable bonds is 6. The maximum atomic E-state index is 12.4. The van der Waals surface area contributed by atoms with Gasteiger partial charge in [-0.3, -0.25) is 4.79 Å². The van der Waals surface area contributed by atoms with Crippen LogP contribution in [0.15, 0.2) is 77.6 Å².